The van der Waals surface area contributed by atoms with Gasteiger partial charge in [0.2, 0.25) is 0 Å². The number of carbonyl (C=O) groups excluding carboxylic acids is 1. The van der Waals surface area contributed by atoms with Gasteiger partial charge in [0.25, 0.3) is 11.5 Å². The van der Waals surface area contributed by atoms with E-state index in [0.29, 0.717) is 40.7 Å². The van der Waals surface area contributed by atoms with Crippen molar-refractivity contribution in [2.24, 2.45) is 5.92 Å². The molecule has 0 bridgehead atoms. The number of nitrogens with zero attached hydrogens (tertiary/aromatic N) is 3. The lowest BCUT2D eigenvalue weighted by Crippen LogP contribution is -2.64. The molecule has 0 radical (unpaired) electrons. The molecule has 1 amide bonds. The predicted molar refractivity (Wildman–Crippen MR) is 181 cm³/mol. The Balaban J connectivity index is 1.59. The third-order valence-corrected chi connectivity index (χ3v) is 10.3. The Bertz CT molecular complexity index is 1710. The van der Waals surface area contributed by atoms with Gasteiger partial charge in [-0.2, -0.15) is 0 Å². The summed E-state index contributed by atoms with van der Waals surface area (Å²) in [7, 11) is 0. The second kappa shape index (κ2) is 12.6. The normalized spacial score (nSPS) is 16.0. The van der Waals surface area contributed by atoms with Gasteiger partial charge in [-0.25, -0.2) is 4.98 Å². The highest BCUT2D eigenvalue weighted by Gasteiger charge is 2.42. The minimum Gasteiger partial charge on any atom is -0.335 e. The van der Waals surface area contributed by atoms with Gasteiger partial charge in [0, 0.05) is 46.8 Å². The first-order valence-electron chi connectivity index (χ1n) is 15.9. The number of thiazole rings is 1. The van der Waals surface area contributed by atoms with Gasteiger partial charge in [-0.1, -0.05) is 69.6 Å². The molecule has 1 aliphatic heterocycles. The fourth-order valence-electron chi connectivity index (χ4n) is 6.71. The van der Waals surface area contributed by atoms with Crippen LogP contribution in [0.5, 0.6) is 0 Å². The zero-order valence-electron chi connectivity index (χ0n) is 26.1. The van der Waals surface area contributed by atoms with E-state index in [1.165, 1.54) is 17.8 Å². The van der Waals surface area contributed by atoms with Crippen molar-refractivity contribution in [1.82, 2.24) is 19.8 Å². The summed E-state index contributed by atoms with van der Waals surface area (Å²) < 4.78 is 1.88. The Morgan fingerprint density at radius 2 is 1.80 bits per heavy atom. The molecule has 44 heavy (non-hydrogen) atoms. The van der Waals surface area contributed by atoms with E-state index in [-0.39, 0.29) is 22.9 Å². The molecule has 4 aromatic rings. The second-order valence-electron chi connectivity index (χ2n) is 12.6. The fourth-order valence-corrected chi connectivity index (χ4v) is 7.67. The molecule has 230 valence electrons. The maximum atomic E-state index is 14.8. The van der Waals surface area contributed by atoms with Crippen molar-refractivity contribution < 1.29 is 4.79 Å². The molecule has 6 rings (SSSR count). The SMILES string of the molecule is CCc1cccc(CC)c1-n1c(CC(C)C)c(C(=O)N2CCNC3(CCC3)C2)cc(-c2nc(-c3ccc(Cl)cc3)cs2)c1=O. The number of carbonyl (C=O) groups is 1. The summed E-state index contributed by atoms with van der Waals surface area (Å²) in [6.45, 7) is 10.7. The number of piperazine rings is 1. The summed E-state index contributed by atoms with van der Waals surface area (Å²) in [5.41, 5.74) is 6.60. The zero-order valence-corrected chi connectivity index (χ0v) is 27.7. The molecule has 2 aromatic carbocycles. The largest absolute Gasteiger partial charge is 0.335 e. The number of rotatable bonds is 8. The highest BCUT2D eigenvalue weighted by Crippen LogP contribution is 2.36. The lowest BCUT2D eigenvalue weighted by Gasteiger charge is -2.49. The van der Waals surface area contributed by atoms with Gasteiger partial charge in [-0.3, -0.25) is 14.2 Å². The van der Waals surface area contributed by atoms with Crippen LogP contribution < -0.4 is 10.9 Å². The summed E-state index contributed by atoms with van der Waals surface area (Å²) in [4.78, 5) is 36.4. The van der Waals surface area contributed by atoms with E-state index in [2.05, 4.69) is 51.2 Å². The molecule has 1 aliphatic carbocycles. The Morgan fingerprint density at radius 3 is 2.41 bits per heavy atom. The third kappa shape index (κ3) is 5.78. The average Bonchev–Trinajstić information content (AvgIpc) is 3.50. The molecule has 2 aromatic heterocycles. The van der Waals surface area contributed by atoms with E-state index >= 15 is 0 Å². The average molecular weight is 629 g/mol. The van der Waals surface area contributed by atoms with E-state index in [0.717, 1.165) is 66.0 Å². The van der Waals surface area contributed by atoms with Crippen LogP contribution in [0, 0.1) is 5.92 Å². The number of pyridine rings is 1. The molecule has 3 heterocycles. The Kier molecular flexibility index (Phi) is 8.82. The molecule has 2 aliphatic rings. The molecule has 8 heteroatoms. The molecule has 6 nitrogen and oxygen atoms in total. The van der Waals surface area contributed by atoms with E-state index in [4.69, 9.17) is 16.6 Å². The van der Waals surface area contributed by atoms with Crippen LogP contribution in [0.3, 0.4) is 0 Å². The number of amides is 1. The lowest BCUT2D eigenvalue weighted by atomic mass is 9.75. The third-order valence-electron chi connectivity index (χ3n) is 9.17. The highest BCUT2D eigenvalue weighted by atomic mass is 35.5. The van der Waals surface area contributed by atoms with Crippen LogP contribution in [0.15, 0.2) is 58.7 Å². The van der Waals surface area contributed by atoms with E-state index < -0.39 is 0 Å². The Morgan fingerprint density at radius 1 is 1.09 bits per heavy atom. The van der Waals surface area contributed by atoms with Gasteiger partial charge in [0.15, 0.2) is 0 Å². The van der Waals surface area contributed by atoms with E-state index in [9.17, 15) is 9.59 Å². The van der Waals surface area contributed by atoms with Crippen molar-refractivity contribution in [1.29, 1.82) is 0 Å². The van der Waals surface area contributed by atoms with Crippen LogP contribution in [-0.4, -0.2) is 45.5 Å². The number of aryl methyl sites for hydroxylation is 2. The molecule has 1 saturated heterocycles. The molecule has 1 spiro atoms. The molecule has 1 N–H and O–H groups in total. The van der Waals surface area contributed by atoms with Crippen molar-refractivity contribution >= 4 is 28.8 Å². The molecular formula is C36H41ClN4O2S. The smallest absolute Gasteiger partial charge is 0.265 e. The van der Waals surface area contributed by atoms with Crippen molar-refractivity contribution in [3.05, 3.63) is 91.7 Å². The van der Waals surface area contributed by atoms with Crippen LogP contribution in [0.25, 0.3) is 27.5 Å². The number of para-hydroxylation sites is 1. The number of benzene rings is 2. The fraction of sp³-hybridized carbons (Fsp3) is 0.417. The quantitative estimate of drug-likeness (QED) is 0.219. The summed E-state index contributed by atoms with van der Waals surface area (Å²) in [5.74, 6) is 0.249. The topological polar surface area (TPSA) is 67.2 Å². The van der Waals surface area contributed by atoms with Crippen LogP contribution in [0.4, 0.5) is 0 Å². The maximum absolute atomic E-state index is 14.8. The highest BCUT2D eigenvalue weighted by molar-refractivity contribution is 7.13. The van der Waals surface area contributed by atoms with E-state index in [1.807, 2.05) is 45.2 Å². The van der Waals surface area contributed by atoms with E-state index in [1.54, 1.807) is 0 Å². The predicted octanol–water partition coefficient (Wildman–Crippen LogP) is 7.57. The summed E-state index contributed by atoms with van der Waals surface area (Å²) in [6, 6.07) is 15.7. The first kappa shape index (κ1) is 30.8. The Hall–Kier alpha value is -3.26. The number of hydrogen-bond donors (Lipinski definition) is 1. The number of aromatic nitrogens is 2. The van der Waals surface area contributed by atoms with Crippen molar-refractivity contribution in [3.63, 3.8) is 0 Å². The standard InChI is InChI=1S/C36H41ClN4O2S/c1-5-24-9-7-10-25(6-2)32(24)41-31(19-23(3)4)28(34(42)40-18-17-38-36(22-40)15-8-16-36)20-29(35(41)43)33-39-30(21-44-33)26-11-13-27(37)14-12-26/h7,9-14,20-21,23,38H,5-6,8,15-19,22H2,1-4H3. The second-order valence-corrected chi connectivity index (χ2v) is 13.9. The van der Waals surface area contributed by atoms with Gasteiger partial charge in [0.1, 0.15) is 5.01 Å². The summed E-state index contributed by atoms with van der Waals surface area (Å²) in [5, 5.41) is 6.93. The first-order chi connectivity index (χ1) is 21.2. The molecule has 0 unspecified atom stereocenters. The molecular weight excluding hydrogens is 588 g/mol. The minimum absolute atomic E-state index is 0.00457. The first-order valence-corrected chi connectivity index (χ1v) is 17.2. The van der Waals surface area contributed by atoms with Gasteiger partial charge in [-0.05, 0) is 73.8 Å². The van der Waals surface area contributed by atoms with Crippen molar-refractivity contribution in [3.8, 4) is 27.5 Å². The summed E-state index contributed by atoms with van der Waals surface area (Å²) >= 11 is 7.57. The molecule has 1 saturated carbocycles. The number of hydrogen-bond acceptors (Lipinski definition) is 5. The van der Waals surface area contributed by atoms with Crippen molar-refractivity contribution in [2.75, 3.05) is 19.6 Å². The van der Waals surface area contributed by atoms with Crippen LogP contribution in [0.2, 0.25) is 5.02 Å². The monoisotopic (exact) mass is 628 g/mol. The lowest BCUT2D eigenvalue weighted by molar-refractivity contribution is 0.0465. The van der Waals surface area contributed by atoms with Crippen molar-refractivity contribution in [2.45, 2.75) is 71.8 Å². The van der Waals surface area contributed by atoms with Crippen LogP contribution in [-0.2, 0) is 19.3 Å². The minimum atomic E-state index is -0.124. The number of halogens is 1. The summed E-state index contributed by atoms with van der Waals surface area (Å²) in [6.07, 6.45) is 5.55. The van der Waals surface area contributed by atoms with Crippen LogP contribution in [0.1, 0.15) is 74.1 Å². The van der Waals surface area contributed by atoms with Gasteiger partial charge < -0.3 is 10.2 Å². The maximum Gasteiger partial charge on any atom is 0.265 e. The molecule has 2 fully saturated rings. The van der Waals surface area contributed by atoms with Crippen LogP contribution >= 0.6 is 22.9 Å². The Labute approximate surface area is 269 Å². The van der Waals surface area contributed by atoms with Gasteiger partial charge >= 0.3 is 0 Å². The van der Waals surface area contributed by atoms with Gasteiger partial charge in [-0.15, -0.1) is 11.3 Å². The number of nitrogens with one attached hydrogen (secondary N) is 1. The molecule has 0 atom stereocenters. The van der Waals surface area contributed by atoms with Gasteiger partial charge in [0.05, 0.1) is 22.5 Å². The zero-order chi connectivity index (χ0) is 31.0.